The van der Waals surface area contributed by atoms with Crippen LogP contribution in [0.3, 0.4) is 0 Å². The monoisotopic (exact) mass is 250 g/mol. The molecule has 0 spiro atoms. The van der Waals surface area contributed by atoms with Crippen LogP contribution in [0.4, 0.5) is 5.69 Å². The predicted molar refractivity (Wildman–Crippen MR) is 68.6 cm³/mol. The highest BCUT2D eigenvalue weighted by molar-refractivity contribution is 5.93. The van der Waals surface area contributed by atoms with Crippen molar-refractivity contribution in [3.63, 3.8) is 0 Å². The van der Waals surface area contributed by atoms with Crippen molar-refractivity contribution < 1.29 is 14.6 Å². The summed E-state index contributed by atoms with van der Waals surface area (Å²) >= 11 is 0. The van der Waals surface area contributed by atoms with Crippen LogP contribution in [0.2, 0.25) is 0 Å². The van der Waals surface area contributed by atoms with Gasteiger partial charge in [0, 0.05) is 13.1 Å². The molecule has 1 unspecified atom stereocenters. The van der Waals surface area contributed by atoms with Gasteiger partial charge in [-0.05, 0) is 24.6 Å². The first-order valence-electron chi connectivity index (χ1n) is 6.09. The molecule has 5 nitrogen and oxygen atoms in total. The third-order valence-corrected chi connectivity index (χ3v) is 2.67. The van der Waals surface area contributed by atoms with Crippen LogP contribution in [0.25, 0.3) is 0 Å². The first kappa shape index (κ1) is 12.9. The molecule has 3 N–H and O–H groups in total. The molecular formula is C13H18N2O3. The quantitative estimate of drug-likeness (QED) is 0.742. The number of aliphatic hydroxyl groups is 1. The minimum absolute atomic E-state index is 0.0251. The van der Waals surface area contributed by atoms with Gasteiger partial charge < -0.3 is 20.5 Å². The lowest BCUT2D eigenvalue weighted by Crippen LogP contribution is -2.23. The Morgan fingerprint density at radius 2 is 2.39 bits per heavy atom. The van der Waals surface area contributed by atoms with Crippen LogP contribution in [0, 0.1) is 0 Å². The molecule has 0 saturated carbocycles. The molecule has 1 aromatic rings. The number of amides is 1. The van der Waals surface area contributed by atoms with E-state index < -0.39 is 0 Å². The topological polar surface area (TPSA) is 70.6 Å². The van der Waals surface area contributed by atoms with E-state index >= 15 is 0 Å². The van der Waals surface area contributed by atoms with Gasteiger partial charge in [-0.15, -0.1) is 0 Å². The first-order chi connectivity index (χ1) is 8.65. The molecule has 0 saturated heterocycles. The maximum atomic E-state index is 11.4. The molecule has 0 radical (unpaired) electrons. The Hall–Kier alpha value is -1.59. The molecule has 1 amide bonds. The van der Waals surface area contributed by atoms with E-state index in [1.54, 1.807) is 6.92 Å². The summed E-state index contributed by atoms with van der Waals surface area (Å²) in [4.78, 5) is 11.4. The van der Waals surface area contributed by atoms with Gasteiger partial charge in [0.1, 0.15) is 5.75 Å². The Morgan fingerprint density at radius 3 is 3.17 bits per heavy atom. The van der Waals surface area contributed by atoms with Crippen LogP contribution < -0.4 is 15.4 Å². The predicted octanol–water partition coefficient (Wildman–Crippen LogP) is 0.878. The van der Waals surface area contributed by atoms with Gasteiger partial charge >= 0.3 is 0 Å². The molecule has 1 heterocycles. The molecule has 2 rings (SSSR count). The van der Waals surface area contributed by atoms with E-state index in [0.717, 1.165) is 5.56 Å². The number of nitrogens with one attached hydrogen (secondary N) is 2. The summed E-state index contributed by atoms with van der Waals surface area (Å²) in [7, 11) is 0. The van der Waals surface area contributed by atoms with Crippen LogP contribution in [-0.2, 0) is 11.3 Å². The molecule has 18 heavy (non-hydrogen) atoms. The fraction of sp³-hybridized carbons (Fsp3) is 0.462. The van der Waals surface area contributed by atoms with Gasteiger partial charge in [-0.25, -0.2) is 0 Å². The number of fused-ring (bicyclic) bond motifs is 1. The fourth-order valence-electron chi connectivity index (χ4n) is 1.80. The number of carbonyl (C=O) groups is 1. The molecule has 1 atom stereocenters. The van der Waals surface area contributed by atoms with Crippen LogP contribution in [0.1, 0.15) is 18.9 Å². The van der Waals surface area contributed by atoms with E-state index in [1.165, 1.54) is 0 Å². The molecule has 0 bridgehead atoms. The molecule has 1 aliphatic heterocycles. The average molecular weight is 250 g/mol. The average Bonchev–Trinajstić information content (AvgIpc) is 2.48. The number of aliphatic hydroxyl groups excluding tert-OH is 1. The zero-order chi connectivity index (χ0) is 13.0. The molecule has 1 aliphatic rings. The maximum absolute atomic E-state index is 11.4. The summed E-state index contributed by atoms with van der Waals surface area (Å²) in [5.41, 5.74) is 1.76. The van der Waals surface area contributed by atoms with Crippen LogP contribution in [0.15, 0.2) is 18.2 Å². The molecule has 0 aliphatic carbocycles. The summed E-state index contributed by atoms with van der Waals surface area (Å²) < 4.78 is 5.47. The van der Waals surface area contributed by atoms with Crippen molar-refractivity contribution in [3.05, 3.63) is 23.8 Å². The Kier molecular flexibility index (Phi) is 4.17. The highest BCUT2D eigenvalue weighted by Gasteiger charge is 2.13. The Labute approximate surface area is 106 Å². The van der Waals surface area contributed by atoms with Gasteiger partial charge in [0.05, 0.1) is 24.8 Å². The second-order valence-electron chi connectivity index (χ2n) is 4.46. The van der Waals surface area contributed by atoms with Crippen molar-refractivity contribution in [2.24, 2.45) is 0 Å². The van der Waals surface area contributed by atoms with Crippen molar-refractivity contribution in [2.45, 2.75) is 26.0 Å². The maximum Gasteiger partial charge on any atom is 0.227 e. The zero-order valence-electron chi connectivity index (χ0n) is 10.4. The van der Waals surface area contributed by atoms with Gasteiger partial charge in [-0.1, -0.05) is 6.07 Å². The van der Waals surface area contributed by atoms with Gasteiger partial charge in [0.25, 0.3) is 0 Å². The molecule has 0 fully saturated rings. The third kappa shape index (κ3) is 3.45. The van der Waals surface area contributed by atoms with Crippen molar-refractivity contribution >= 4 is 11.6 Å². The van der Waals surface area contributed by atoms with E-state index in [4.69, 9.17) is 9.84 Å². The Balaban J connectivity index is 2.03. The normalized spacial score (nSPS) is 16.2. The number of ether oxygens (including phenoxy) is 1. The van der Waals surface area contributed by atoms with Crippen molar-refractivity contribution in [1.29, 1.82) is 0 Å². The Bertz CT molecular complexity index is 432. The molecule has 0 aromatic heterocycles. The SMILES string of the molecule is CC(O)CNCc1ccc2c(c1)NC(=O)CCO2. The fourth-order valence-corrected chi connectivity index (χ4v) is 1.80. The van der Waals surface area contributed by atoms with E-state index in [1.807, 2.05) is 18.2 Å². The van der Waals surface area contributed by atoms with Crippen LogP contribution in [-0.4, -0.2) is 30.3 Å². The molecule has 5 heteroatoms. The number of hydrogen-bond donors (Lipinski definition) is 3. The summed E-state index contributed by atoms with van der Waals surface area (Å²) in [5.74, 6) is 0.683. The van der Waals surface area contributed by atoms with E-state index in [-0.39, 0.29) is 12.0 Å². The Morgan fingerprint density at radius 1 is 1.56 bits per heavy atom. The van der Waals surface area contributed by atoms with Gasteiger partial charge in [0.15, 0.2) is 0 Å². The molecule has 1 aromatic carbocycles. The van der Waals surface area contributed by atoms with Gasteiger partial charge in [0.2, 0.25) is 5.91 Å². The second kappa shape index (κ2) is 5.84. The minimum Gasteiger partial charge on any atom is -0.491 e. The number of carbonyl (C=O) groups excluding carboxylic acids is 1. The van der Waals surface area contributed by atoms with E-state index in [0.29, 0.717) is 37.6 Å². The molecular weight excluding hydrogens is 232 g/mol. The minimum atomic E-state index is -0.367. The van der Waals surface area contributed by atoms with Crippen LogP contribution >= 0.6 is 0 Å². The van der Waals surface area contributed by atoms with Crippen LogP contribution in [0.5, 0.6) is 5.75 Å². The highest BCUT2D eigenvalue weighted by Crippen LogP contribution is 2.27. The lowest BCUT2D eigenvalue weighted by molar-refractivity contribution is -0.116. The van der Waals surface area contributed by atoms with Crippen molar-refractivity contribution in [3.8, 4) is 5.75 Å². The third-order valence-electron chi connectivity index (χ3n) is 2.67. The van der Waals surface area contributed by atoms with E-state index in [9.17, 15) is 4.79 Å². The number of anilines is 1. The zero-order valence-corrected chi connectivity index (χ0v) is 10.4. The smallest absolute Gasteiger partial charge is 0.227 e. The van der Waals surface area contributed by atoms with Crippen molar-refractivity contribution in [1.82, 2.24) is 5.32 Å². The molecule has 98 valence electrons. The first-order valence-corrected chi connectivity index (χ1v) is 6.09. The summed E-state index contributed by atoms with van der Waals surface area (Å²) in [6.07, 6.45) is 0.0125. The summed E-state index contributed by atoms with van der Waals surface area (Å²) in [6, 6.07) is 5.71. The number of rotatable bonds is 4. The standard InChI is InChI=1S/C13H18N2O3/c1-9(16)7-14-8-10-2-3-12-11(6-10)15-13(17)4-5-18-12/h2-3,6,9,14,16H,4-5,7-8H2,1H3,(H,15,17). The number of benzene rings is 1. The summed E-state index contributed by atoms with van der Waals surface area (Å²) in [5, 5.41) is 15.1. The van der Waals surface area contributed by atoms with Crippen molar-refractivity contribution in [2.75, 3.05) is 18.5 Å². The number of hydrogen-bond acceptors (Lipinski definition) is 4. The lowest BCUT2D eigenvalue weighted by Gasteiger charge is -2.11. The van der Waals surface area contributed by atoms with Gasteiger partial charge in [-0.3, -0.25) is 4.79 Å². The highest BCUT2D eigenvalue weighted by atomic mass is 16.5. The summed E-state index contributed by atoms with van der Waals surface area (Å²) in [6.45, 7) is 3.34. The lowest BCUT2D eigenvalue weighted by atomic mass is 10.2. The van der Waals surface area contributed by atoms with Gasteiger partial charge in [-0.2, -0.15) is 0 Å². The van der Waals surface area contributed by atoms with E-state index in [2.05, 4.69) is 10.6 Å². The largest absolute Gasteiger partial charge is 0.491 e. The second-order valence-corrected chi connectivity index (χ2v) is 4.46.